The number of benzene rings is 4. The Kier molecular flexibility index (Phi) is 7.50. The third-order valence-electron chi connectivity index (χ3n) is 5.58. The molecule has 0 bridgehead atoms. The van der Waals surface area contributed by atoms with Crippen molar-refractivity contribution in [3.05, 3.63) is 119 Å². The van der Waals surface area contributed by atoms with Crippen LogP contribution >= 0.6 is 0 Å². The Morgan fingerprint density at radius 1 is 0.500 bits per heavy atom. The van der Waals surface area contributed by atoms with Crippen molar-refractivity contribution in [2.24, 2.45) is 0 Å². The number of aryl methyl sites for hydroxylation is 2. The van der Waals surface area contributed by atoms with Crippen LogP contribution in [0.3, 0.4) is 0 Å². The van der Waals surface area contributed by atoms with Crippen LogP contribution < -0.4 is 0 Å². The SMILES string of the molecule is Cc1cccc(-c2ccccc2COCCOCc2ccccc2-c2cccc(C)c2)c1. The zero-order valence-corrected chi connectivity index (χ0v) is 18.9. The van der Waals surface area contributed by atoms with Crippen molar-refractivity contribution in [1.82, 2.24) is 0 Å². The van der Waals surface area contributed by atoms with Crippen LogP contribution in [-0.4, -0.2) is 13.2 Å². The molecule has 0 saturated heterocycles. The first-order valence-electron chi connectivity index (χ1n) is 11.2. The van der Waals surface area contributed by atoms with Crippen molar-refractivity contribution >= 4 is 0 Å². The standard InChI is InChI=1S/C30H30O2/c1-23-9-7-13-25(19-23)29-15-5-3-11-27(29)21-31-17-18-32-22-28-12-4-6-16-30(28)26-14-8-10-24(2)20-26/h3-16,19-20H,17-18,21-22H2,1-2H3. The molecule has 0 amide bonds. The fourth-order valence-electron chi connectivity index (χ4n) is 3.96. The predicted octanol–water partition coefficient (Wildman–Crippen LogP) is 7.37. The minimum absolute atomic E-state index is 0.564. The molecule has 4 rings (SSSR count). The first kappa shape index (κ1) is 22.0. The van der Waals surface area contributed by atoms with Gasteiger partial charge in [-0.25, -0.2) is 0 Å². The summed E-state index contributed by atoms with van der Waals surface area (Å²) in [6.07, 6.45) is 0. The Bertz CT molecular complexity index is 1070. The van der Waals surface area contributed by atoms with Crippen LogP contribution in [0.1, 0.15) is 22.3 Å². The van der Waals surface area contributed by atoms with Crippen LogP contribution in [0.15, 0.2) is 97.1 Å². The summed E-state index contributed by atoms with van der Waals surface area (Å²) < 4.78 is 11.9. The molecule has 4 aromatic rings. The molecule has 32 heavy (non-hydrogen) atoms. The summed E-state index contributed by atoms with van der Waals surface area (Å²) in [6.45, 7) is 6.53. The van der Waals surface area contributed by atoms with Gasteiger partial charge in [-0.1, -0.05) is 108 Å². The molecule has 0 fully saturated rings. The summed E-state index contributed by atoms with van der Waals surface area (Å²) >= 11 is 0. The molecule has 0 aliphatic rings. The van der Waals surface area contributed by atoms with Crippen LogP contribution in [0.25, 0.3) is 22.3 Å². The second kappa shape index (κ2) is 10.9. The maximum absolute atomic E-state index is 5.96. The maximum Gasteiger partial charge on any atom is 0.0724 e. The largest absolute Gasteiger partial charge is 0.374 e. The number of hydrogen-bond donors (Lipinski definition) is 0. The molecule has 0 atom stereocenters. The van der Waals surface area contributed by atoms with E-state index in [2.05, 4.69) is 111 Å². The second-order valence-corrected chi connectivity index (χ2v) is 8.16. The van der Waals surface area contributed by atoms with Crippen molar-refractivity contribution < 1.29 is 9.47 Å². The summed E-state index contributed by atoms with van der Waals surface area (Å²) in [5.41, 5.74) is 9.83. The Morgan fingerprint density at radius 3 is 1.38 bits per heavy atom. The Hall–Kier alpha value is -3.20. The van der Waals surface area contributed by atoms with E-state index in [0.717, 1.165) is 0 Å². The van der Waals surface area contributed by atoms with Crippen molar-refractivity contribution in [3.63, 3.8) is 0 Å². The normalized spacial score (nSPS) is 10.9. The third-order valence-corrected chi connectivity index (χ3v) is 5.58. The average Bonchev–Trinajstić information content (AvgIpc) is 2.82. The lowest BCUT2D eigenvalue weighted by Crippen LogP contribution is -2.05. The van der Waals surface area contributed by atoms with Crippen LogP contribution in [0, 0.1) is 13.8 Å². The molecule has 0 spiro atoms. The van der Waals surface area contributed by atoms with E-state index in [1.165, 1.54) is 44.5 Å². The van der Waals surface area contributed by atoms with Gasteiger partial charge < -0.3 is 9.47 Å². The van der Waals surface area contributed by atoms with Crippen molar-refractivity contribution in [3.8, 4) is 22.3 Å². The monoisotopic (exact) mass is 422 g/mol. The van der Waals surface area contributed by atoms with Gasteiger partial charge in [0.15, 0.2) is 0 Å². The van der Waals surface area contributed by atoms with E-state index in [4.69, 9.17) is 9.47 Å². The van der Waals surface area contributed by atoms with Gasteiger partial charge in [0.1, 0.15) is 0 Å². The van der Waals surface area contributed by atoms with Crippen LogP contribution in [0.5, 0.6) is 0 Å². The topological polar surface area (TPSA) is 18.5 Å². The van der Waals surface area contributed by atoms with E-state index < -0.39 is 0 Å². The maximum atomic E-state index is 5.96. The fraction of sp³-hybridized carbons (Fsp3) is 0.200. The molecule has 0 N–H and O–H groups in total. The van der Waals surface area contributed by atoms with Crippen LogP contribution in [0.4, 0.5) is 0 Å². The molecule has 0 radical (unpaired) electrons. The van der Waals surface area contributed by atoms with E-state index in [1.54, 1.807) is 0 Å². The predicted molar refractivity (Wildman–Crippen MR) is 133 cm³/mol. The molecule has 2 heteroatoms. The second-order valence-electron chi connectivity index (χ2n) is 8.16. The smallest absolute Gasteiger partial charge is 0.0724 e. The van der Waals surface area contributed by atoms with Gasteiger partial charge in [0.2, 0.25) is 0 Å². The Balaban J connectivity index is 1.30. The van der Waals surface area contributed by atoms with Gasteiger partial charge in [-0.15, -0.1) is 0 Å². The summed E-state index contributed by atoms with van der Waals surface area (Å²) in [5.74, 6) is 0. The quantitative estimate of drug-likeness (QED) is 0.262. The van der Waals surface area contributed by atoms with Gasteiger partial charge in [-0.2, -0.15) is 0 Å². The van der Waals surface area contributed by atoms with Gasteiger partial charge in [-0.05, 0) is 47.2 Å². The highest BCUT2D eigenvalue weighted by Gasteiger charge is 2.07. The van der Waals surface area contributed by atoms with E-state index in [-0.39, 0.29) is 0 Å². The molecular weight excluding hydrogens is 392 g/mol. The number of ether oxygens (including phenoxy) is 2. The number of rotatable bonds is 9. The van der Waals surface area contributed by atoms with Gasteiger partial charge in [0.25, 0.3) is 0 Å². The molecule has 4 aromatic carbocycles. The highest BCUT2D eigenvalue weighted by molar-refractivity contribution is 5.68. The lowest BCUT2D eigenvalue weighted by atomic mass is 9.99. The Labute approximate surface area is 191 Å². The minimum atomic E-state index is 0.564. The van der Waals surface area contributed by atoms with Gasteiger partial charge in [-0.3, -0.25) is 0 Å². The van der Waals surface area contributed by atoms with Gasteiger partial charge in [0.05, 0.1) is 26.4 Å². The van der Waals surface area contributed by atoms with Crippen molar-refractivity contribution in [2.45, 2.75) is 27.1 Å². The summed E-state index contributed by atoms with van der Waals surface area (Å²) in [7, 11) is 0. The van der Waals surface area contributed by atoms with E-state index in [1.807, 2.05) is 0 Å². The van der Waals surface area contributed by atoms with Crippen LogP contribution in [0.2, 0.25) is 0 Å². The number of hydrogen-bond acceptors (Lipinski definition) is 2. The molecule has 0 aliphatic carbocycles. The lowest BCUT2D eigenvalue weighted by molar-refractivity contribution is 0.0341. The summed E-state index contributed by atoms with van der Waals surface area (Å²) in [5, 5.41) is 0. The molecule has 0 aliphatic heterocycles. The van der Waals surface area contributed by atoms with Gasteiger partial charge >= 0.3 is 0 Å². The molecule has 0 heterocycles. The zero-order valence-electron chi connectivity index (χ0n) is 18.9. The zero-order chi connectivity index (χ0) is 22.2. The highest BCUT2D eigenvalue weighted by atomic mass is 16.5. The fourth-order valence-corrected chi connectivity index (χ4v) is 3.96. The van der Waals surface area contributed by atoms with Gasteiger partial charge in [0, 0.05) is 0 Å². The molecule has 0 aromatic heterocycles. The highest BCUT2D eigenvalue weighted by Crippen LogP contribution is 2.26. The molecule has 162 valence electrons. The molecular formula is C30H30O2. The lowest BCUT2D eigenvalue weighted by Gasteiger charge is -2.13. The Morgan fingerprint density at radius 2 is 0.938 bits per heavy atom. The molecule has 0 saturated carbocycles. The van der Waals surface area contributed by atoms with E-state index in [9.17, 15) is 0 Å². The molecule has 2 nitrogen and oxygen atoms in total. The average molecular weight is 423 g/mol. The summed E-state index contributed by atoms with van der Waals surface area (Å²) in [4.78, 5) is 0. The third kappa shape index (κ3) is 5.73. The molecule has 0 unspecified atom stereocenters. The summed E-state index contributed by atoms with van der Waals surface area (Å²) in [6, 6.07) is 34.1. The van der Waals surface area contributed by atoms with Crippen molar-refractivity contribution in [2.75, 3.05) is 13.2 Å². The van der Waals surface area contributed by atoms with Crippen LogP contribution in [-0.2, 0) is 22.7 Å². The van der Waals surface area contributed by atoms with Crippen molar-refractivity contribution in [1.29, 1.82) is 0 Å². The van der Waals surface area contributed by atoms with E-state index in [0.29, 0.717) is 26.4 Å². The first-order chi connectivity index (χ1) is 15.7. The minimum Gasteiger partial charge on any atom is -0.374 e. The first-order valence-corrected chi connectivity index (χ1v) is 11.2. The van der Waals surface area contributed by atoms with E-state index >= 15 is 0 Å².